The molecule has 0 unspecified atom stereocenters. The molecule has 4 N–H and O–H groups in total. The molecule has 0 aliphatic heterocycles. The van der Waals surface area contributed by atoms with Gasteiger partial charge in [-0.15, -0.1) is 0 Å². The van der Waals surface area contributed by atoms with Gasteiger partial charge >= 0.3 is 6.16 Å². The van der Waals surface area contributed by atoms with Crippen molar-refractivity contribution in [3.8, 4) is 0 Å². The lowest BCUT2D eigenvalue weighted by Gasteiger charge is -1.87. The van der Waals surface area contributed by atoms with E-state index in [0.29, 0.717) is 25.7 Å². The molecule has 9 heteroatoms. The predicted molar refractivity (Wildman–Crippen MR) is 77.1 cm³/mol. The van der Waals surface area contributed by atoms with Gasteiger partial charge in [0.15, 0.2) is 0 Å². The summed E-state index contributed by atoms with van der Waals surface area (Å²) in [6.45, 7) is 5.96. The van der Waals surface area contributed by atoms with Crippen LogP contribution in [0.1, 0.15) is 53.4 Å². The van der Waals surface area contributed by atoms with E-state index in [1.807, 2.05) is 0 Å². The smallest absolute Gasteiger partial charge is 0.340 e. The second-order valence-electron chi connectivity index (χ2n) is 4.29. The Hall–Kier alpha value is -2.13. The normalized spacial score (nSPS) is 8.27. The lowest BCUT2D eigenvalue weighted by molar-refractivity contribution is -0.122. The Morgan fingerprint density at radius 2 is 0.773 bits per heavy atom. The average Bonchev–Trinajstić information content (AvgIpc) is 2.43. The van der Waals surface area contributed by atoms with Gasteiger partial charge in [-0.2, -0.15) is 16.6 Å². The zero-order valence-corrected chi connectivity index (χ0v) is 13.3. The van der Waals surface area contributed by atoms with Gasteiger partial charge in [-0.1, -0.05) is 0 Å². The summed E-state index contributed by atoms with van der Waals surface area (Å²) in [5.74, 6) is 8.79. The summed E-state index contributed by atoms with van der Waals surface area (Å²) in [5, 5.41) is 0. The van der Waals surface area contributed by atoms with E-state index in [9.17, 15) is 24.0 Å². The maximum Gasteiger partial charge on any atom is 0.546 e. The molecule has 0 heterocycles. The summed E-state index contributed by atoms with van der Waals surface area (Å²) >= 11 is 0. The van der Waals surface area contributed by atoms with Crippen molar-refractivity contribution in [2.75, 3.05) is 0 Å². The molecule has 0 atom stereocenters. The van der Waals surface area contributed by atoms with Crippen LogP contribution >= 0.6 is 0 Å². The largest absolute Gasteiger partial charge is 0.546 e. The van der Waals surface area contributed by atoms with Crippen LogP contribution in [0.5, 0.6) is 0 Å². The molecule has 0 spiro atoms. The van der Waals surface area contributed by atoms with Crippen molar-refractivity contribution in [1.82, 2.24) is 0 Å². The third kappa shape index (κ3) is 36.1. The molecule has 0 fully saturated rings. The SMILES string of the molecule is CC(=O)CCC(C)=O.CC(=O)CCC(C)=O.NOC(=O)ON. The van der Waals surface area contributed by atoms with Crippen LogP contribution in [0.4, 0.5) is 4.79 Å². The molecule has 0 saturated carbocycles. The Morgan fingerprint density at radius 1 is 0.591 bits per heavy atom. The number of nitrogens with two attached hydrogens (primary N) is 2. The van der Waals surface area contributed by atoms with Crippen molar-refractivity contribution in [3.05, 3.63) is 0 Å². The quantitative estimate of drug-likeness (QED) is 0.675. The minimum absolute atomic E-state index is 0.0835. The fourth-order valence-corrected chi connectivity index (χ4v) is 0.732. The lowest BCUT2D eigenvalue weighted by atomic mass is 10.2. The molecule has 0 aliphatic rings. The number of hydrogen-bond acceptors (Lipinski definition) is 9. The molecule has 0 aliphatic carbocycles. The number of carbonyl (C=O) groups is 5. The Balaban J connectivity index is -0.000000249. The van der Waals surface area contributed by atoms with Crippen molar-refractivity contribution in [2.24, 2.45) is 11.8 Å². The average molecular weight is 320 g/mol. The van der Waals surface area contributed by atoms with Crippen LogP contribution < -0.4 is 11.8 Å². The summed E-state index contributed by atoms with van der Waals surface area (Å²) in [5.41, 5.74) is 0. The van der Waals surface area contributed by atoms with Gasteiger partial charge in [0.1, 0.15) is 23.1 Å². The maximum absolute atomic E-state index is 10.2. The van der Waals surface area contributed by atoms with Gasteiger partial charge in [0.05, 0.1) is 0 Å². The molecule has 0 amide bonds. The standard InChI is InChI=1S/2C6H10O2.CH4N2O3/c2*1-5(7)3-4-6(2)8;2-5-1(4)6-3/h2*3-4H2,1-2H3;2-3H2. The summed E-state index contributed by atoms with van der Waals surface area (Å²) in [7, 11) is 0. The molecule has 128 valence electrons. The highest BCUT2D eigenvalue weighted by atomic mass is 16.8. The molecule has 9 nitrogen and oxygen atoms in total. The number of carbonyl (C=O) groups excluding carboxylic acids is 5. The van der Waals surface area contributed by atoms with Gasteiger partial charge in [-0.3, -0.25) is 0 Å². The van der Waals surface area contributed by atoms with Crippen LogP contribution in [0.2, 0.25) is 0 Å². The molecule has 0 aromatic heterocycles. The second kappa shape index (κ2) is 16.9. The molecule has 0 saturated heterocycles. The fourth-order valence-electron chi connectivity index (χ4n) is 0.732. The first-order valence-electron chi connectivity index (χ1n) is 6.31. The zero-order valence-electron chi connectivity index (χ0n) is 13.3. The predicted octanol–water partition coefficient (Wildman–Crippen LogP) is 0.776. The molecule has 0 aromatic carbocycles. The van der Waals surface area contributed by atoms with E-state index in [1.165, 1.54) is 27.7 Å². The van der Waals surface area contributed by atoms with E-state index < -0.39 is 6.16 Å². The minimum atomic E-state index is -1.10. The monoisotopic (exact) mass is 320 g/mol. The fraction of sp³-hybridized carbons (Fsp3) is 0.615. The van der Waals surface area contributed by atoms with Gasteiger partial charge in [0.25, 0.3) is 0 Å². The molecular weight excluding hydrogens is 296 g/mol. The first-order valence-corrected chi connectivity index (χ1v) is 6.31. The van der Waals surface area contributed by atoms with Crippen molar-refractivity contribution < 1.29 is 33.6 Å². The Labute approximate surface area is 129 Å². The third-order valence-electron chi connectivity index (χ3n) is 1.85. The Morgan fingerprint density at radius 3 is 0.818 bits per heavy atom. The Kier molecular flexibility index (Phi) is 19.1. The van der Waals surface area contributed by atoms with E-state index in [2.05, 4.69) is 21.5 Å². The highest BCUT2D eigenvalue weighted by molar-refractivity contribution is 5.83. The van der Waals surface area contributed by atoms with Gasteiger partial charge in [0, 0.05) is 25.7 Å². The number of hydrogen-bond donors (Lipinski definition) is 2. The number of Topliss-reactive ketones (excluding diaryl/α,β-unsaturated/α-hetero) is 4. The minimum Gasteiger partial charge on any atom is -0.340 e. The highest BCUT2D eigenvalue weighted by Gasteiger charge is 1.95. The van der Waals surface area contributed by atoms with Crippen molar-refractivity contribution in [1.29, 1.82) is 0 Å². The van der Waals surface area contributed by atoms with Crippen LogP contribution in [0.15, 0.2) is 0 Å². The summed E-state index contributed by atoms with van der Waals surface area (Å²) in [4.78, 5) is 57.1. The Bertz CT molecular complexity index is 319. The van der Waals surface area contributed by atoms with Crippen LogP contribution in [0.3, 0.4) is 0 Å². The zero-order chi connectivity index (χ0) is 18.1. The third-order valence-corrected chi connectivity index (χ3v) is 1.85. The van der Waals surface area contributed by atoms with Gasteiger partial charge < -0.3 is 28.9 Å². The number of ketones is 4. The topological polar surface area (TPSA) is 156 Å². The van der Waals surface area contributed by atoms with Crippen molar-refractivity contribution >= 4 is 29.3 Å². The molecule has 0 aromatic rings. The molecule has 0 bridgehead atoms. The first kappa shape index (κ1) is 24.9. The summed E-state index contributed by atoms with van der Waals surface area (Å²) < 4.78 is 0. The van der Waals surface area contributed by atoms with Crippen LogP contribution in [0.25, 0.3) is 0 Å². The molecule has 0 rings (SSSR count). The number of rotatable bonds is 6. The van der Waals surface area contributed by atoms with Crippen molar-refractivity contribution in [3.63, 3.8) is 0 Å². The van der Waals surface area contributed by atoms with Gasteiger partial charge in [0.2, 0.25) is 0 Å². The van der Waals surface area contributed by atoms with Crippen molar-refractivity contribution in [2.45, 2.75) is 53.4 Å². The van der Waals surface area contributed by atoms with E-state index in [0.717, 1.165) is 0 Å². The lowest BCUT2D eigenvalue weighted by Crippen LogP contribution is -2.15. The van der Waals surface area contributed by atoms with Crippen LogP contribution in [0, 0.1) is 0 Å². The van der Waals surface area contributed by atoms with E-state index in [1.54, 1.807) is 0 Å². The summed E-state index contributed by atoms with van der Waals surface area (Å²) in [6.07, 6.45) is 0.491. The molecule has 22 heavy (non-hydrogen) atoms. The van der Waals surface area contributed by atoms with Crippen LogP contribution in [-0.4, -0.2) is 29.3 Å². The van der Waals surface area contributed by atoms with E-state index in [4.69, 9.17) is 0 Å². The van der Waals surface area contributed by atoms with Gasteiger partial charge in [-0.05, 0) is 27.7 Å². The first-order chi connectivity index (χ1) is 10.1. The van der Waals surface area contributed by atoms with Crippen LogP contribution in [-0.2, 0) is 28.9 Å². The summed E-state index contributed by atoms with van der Waals surface area (Å²) in [6, 6.07) is 0. The molecular formula is C13H24N2O7. The van der Waals surface area contributed by atoms with E-state index in [-0.39, 0.29) is 23.1 Å². The highest BCUT2D eigenvalue weighted by Crippen LogP contribution is 1.90. The molecule has 0 radical (unpaired) electrons. The maximum atomic E-state index is 10.2. The van der Waals surface area contributed by atoms with E-state index >= 15 is 0 Å². The second-order valence-corrected chi connectivity index (χ2v) is 4.29. The van der Waals surface area contributed by atoms with Gasteiger partial charge in [-0.25, -0.2) is 0 Å².